The molecule has 0 spiro atoms. The molecule has 0 bridgehead atoms. The maximum Gasteiger partial charge on any atom is 0.0320 e. The molecule has 2 aromatic carbocycles. The van der Waals surface area contributed by atoms with Gasteiger partial charge in [0.05, 0.1) is 0 Å². The van der Waals surface area contributed by atoms with Gasteiger partial charge in [-0.05, 0) is 53.6 Å². The molecule has 2 aliphatic rings. The third-order valence-corrected chi connectivity index (χ3v) is 4.53. The van der Waals surface area contributed by atoms with Crippen LogP contribution in [0.15, 0.2) is 42.5 Å². The zero-order valence-corrected chi connectivity index (χ0v) is 11.2. The molecule has 1 fully saturated rings. The molecule has 1 unspecified atom stereocenters. The van der Waals surface area contributed by atoms with Crippen molar-refractivity contribution in [3.63, 3.8) is 0 Å². The van der Waals surface area contributed by atoms with E-state index < -0.39 is 0 Å². The zero-order valence-electron chi connectivity index (χ0n) is 11.2. The van der Waals surface area contributed by atoms with Crippen LogP contribution in [0.25, 0.3) is 11.1 Å². The number of benzene rings is 2. The van der Waals surface area contributed by atoms with Gasteiger partial charge in [0.1, 0.15) is 0 Å². The van der Waals surface area contributed by atoms with Gasteiger partial charge in [-0.1, -0.05) is 48.9 Å². The second-order valence-corrected chi connectivity index (χ2v) is 5.75. The molecule has 1 heteroatoms. The molecule has 19 heavy (non-hydrogen) atoms. The Morgan fingerprint density at radius 2 is 1.79 bits per heavy atom. The SMILES string of the molecule is c1ccc2c(c1)Cc1cc(C3CCCCN3)ccc1-2. The maximum absolute atomic E-state index is 3.65. The van der Waals surface area contributed by atoms with Crippen molar-refractivity contribution in [3.8, 4) is 11.1 Å². The van der Waals surface area contributed by atoms with E-state index in [9.17, 15) is 0 Å². The molecule has 1 saturated heterocycles. The van der Waals surface area contributed by atoms with E-state index in [1.807, 2.05) is 0 Å². The Bertz CT molecular complexity index is 609. The fourth-order valence-corrected chi connectivity index (χ4v) is 3.52. The molecule has 96 valence electrons. The number of hydrogen-bond acceptors (Lipinski definition) is 1. The minimum Gasteiger partial charge on any atom is -0.310 e. The summed E-state index contributed by atoms with van der Waals surface area (Å²) in [7, 11) is 0. The van der Waals surface area contributed by atoms with Crippen LogP contribution < -0.4 is 5.32 Å². The van der Waals surface area contributed by atoms with Gasteiger partial charge >= 0.3 is 0 Å². The second-order valence-electron chi connectivity index (χ2n) is 5.75. The molecule has 2 aromatic rings. The first-order chi connectivity index (χ1) is 9.42. The van der Waals surface area contributed by atoms with E-state index in [4.69, 9.17) is 0 Å². The zero-order chi connectivity index (χ0) is 12.7. The van der Waals surface area contributed by atoms with Crippen molar-refractivity contribution in [2.45, 2.75) is 31.7 Å². The fraction of sp³-hybridized carbons (Fsp3) is 0.333. The van der Waals surface area contributed by atoms with Crippen LogP contribution in [-0.2, 0) is 6.42 Å². The lowest BCUT2D eigenvalue weighted by molar-refractivity contribution is 0.412. The van der Waals surface area contributed by atoms with Crippen molar-refractivity contribution >= 4 is 0 Å². The summed E-state index contributed by atoms with van der Waals surface area (Å²) in [6, 6.07) is 16.4. The first-order valence-corrected chi connectivity index (χ1v) is 7.36. The third kappa shape index (κ3) is 1.89. The Balaban J connectivity index is 1.71. The lowest BCUT2D eigenvalue weighted by Crippen LogP contribution is -2.26. The van der Waals surface area contributed by atoms with Crippen LogP contribution in [0.2, 0.25) is 0 Å². The number of fused-ring (bicyclic) bond motifs is 3. The van der Waals surface area contributed by atoms with E-state index in [0.29, 0.717) is 6.04 Å². The van der Waals surface area contributed by atoms with E-state index in [2.05, 4.69) is 47.8 Å². The highest BCUT2D eigenvalue weighted by molar-refractivity contribution is 5.77. The van der Waals surface area contributed by atoms with Crippen molar-refractivity contribution in [1.82, 2.24) is 5.32 Å². The van der Waals surface area contributed by atoms with Gasteiger partial charge in [0.25, 0.3) is 0 Å². The number of rotatable bonds is 1. The molecule has 1 aliphatic heterocycles. The lowest BCUT2D eigenvalue weighted by atomic mass is 9.94. The second kappa shape index (κ2) is 4.50. The van der Waals surface area contributed by atoms with Crippen LogP contribution in [0.3, 0.4) is 0 Å². The van der Waals surface area contributed by atoms with Crippen molar-refractivity contribution in [2.24, 2.45) is 0 Å². The average Bonchev–Trinajstić information content (AvgIpc) is 2.86. The monoisotopic (exact) mass is 249 g/mol. The Morgan fingerprint density at radius 1 is 0.895 bits per heavy atom. The van der Waals surface area contributed by atoms with Crippen molar-refractivity contribution < 1.29 is 0 Å². The summed E-state index contributed by atoms with van der Waals surface area (Å²) in [5.41, 5.74) is 7.33. The van der Waals surface area contributed by atoms with Gasteiger partial charge < -0.3 is 5.32 Å². The Kier molecular flexibility index (Phi) is 2.66. The Morgan fingerprint density at radius 3 is 2.68 bits per heavy atom. The average molecular weight is 249 g/mol. The van der Waals surface area contributed by atoms with E-state index in [1.54, 1.807) is 0 Å². The van der Waals surface area contributed by atoms with Gasteiger partial charge in [-0.25, -0.2) is 0 Å². The minimum absolute atomic E-state index is 0.572. The standard InChI is InChI=1S/C18H19N/c1-2-6-16-13(5-1)11-15-12-14(8-9-17(15)16)18-7-3-4-10-19-18/h1-2,5-6,8-9,12,18-19H,3-4,7,10-11H2. The summed E-state index contributed by atoms with van der Waals surface area (Å²) in [4.78, 5) is 0. The lowest BCUT2D eigenvalue weighted by Gasteiger charge is -2.24. The molecule has 0 radical (unpaired) electrons. The molecule has 1 N–H and O–H groups in total. The summed E-state index contributed by atoms with van der Waals surface area (Å²) < 4.78 is 0. The van der Waals surface area contributed by atoms with Gasteiger partial charge in [-0.15, -0.1) is 0 Å². The first-order valence-electron chi connectivity index (χ1n) is 7.36. The summed E-state index contributed by atoms with van der Waals surface area (Å²) >= 11 is 0. The van der Waals surface area contributed by atoms with Gasteiger partial charge in [-0.2, -0.15) is 0 Å². The molecular formula is C18H19N. The topological polar surface area (TPSA) is 12.0 Å². The van der Waals surface area contributed by atoms with E-state index in [-0.39, 0.29) is 0 Å². The van der Waals surface area contributed by atoms with Crippen molar-refractivity contribution in [3.05, 3.63) is 59.2 Å². The Labute approximate surface area is 114 Å². The number of piperidine rings is 1. The van der Waals surface area contributed by atoms with E-state index in [0.717, 1.165) is 6.42 Å². The van der Waals surface area contributed by atoms with Crippen molar-refractivity contribution in [2.75, 3.05) is 6.54 Å². The quantitative estimate of drug-likeness (QED) is 0.685. The summed E-state index contributed by atoms with van der Waals surface area (Å²) in [6.45, 7) is 1.17. The van der Waals surface area contributed by atoms with Crippen LogP contribution >= 0.6 is 0 Å². The van der Waals surface area contributed by atoms with E-state index >= 15 is 0 Å². The molecule has 1 nitrogen and oxygen atoms in total. The molecule has 0 saturated carbocycles. The third-order valence-electron chi connectivity index (χ3n) is 4.53. The predicted octanol–water partition coefficient (Wildman–Crippen LogP) is 4.07. The van der Waals surface area contributed by atoms with Gasteiger partial charge in [0, 0.05) is 6.04 Å². The van der Waals surface area contributed by atoms with Crippen LogP contribution in [0, 0.1) is 0 Å². The summed E-state index contributed by atoms with van der Waals surface area (Å²) in [5.74, 6) is 0. The van der Waals surface area contributed by atoms with Crippen LogP contribution in [0.1, 0.15) is 42.0 Å². The largest absolute Gasteiger partial charge is 0.310 e. The van der Waals surface area contributed by atoms with Crippen LogP contribution in [0.5, 0.6) is 0 Å². The van der Waals surface area contributed by atoms with Gasteiger partial charge in [0.2, 0.25) is 0 Å². The molecule has 1 heterocycles. The molecular weight excluding hydrogens is 230 g/mol. The highest BCUT2D eigenvalue weighted by atomic mass is 14.9. The molecule has 1 atom stereocenters. The maximum atomic E-state index is 3.65. The normalized spacial score (nSPS) is 20.9. The van der Waals surface area contributed by atoms with Gasteiger partial charge in [0.15, 0.2) is 0 Å². The minimum atomic E-state index is 0.572. The molecule has 0 aromatic heterocycles. The predicted molar refractivity (Wildman–Crippen MR) is 79.3 cm³/mol. The first kappa shape index (κ1) is 11.2. The number of nitrogens with one attached hydrogen (secondary N) is 1. The van der Waals surface area contributed by atoms with Crippen LogP contribution in [-0.4, -0.2) is 6.54 Å². The smallest absolute Gasteiger partial charge is 0.0320 e. The molecule has 0 amide bonds. The van der Waals surface area contributed by atoms with Crippen molar-refractivity contribution in [1.29, 1.82) is 0 Å². The number of hydrogen-bond donors (Lipinski definition) is 1. The summed E-state index contributed by atoms with van der Waals surface area (Å²) in [5, 5.41) is 3.65. The van der Waals surface area contributed by atoms with Crippen LogP contribution in [0.4, 0.5) is 0 Å². The summed E-state index contributed by atoms with van der Waals surface area (Å²) in [6.07, 6.45) is 5.07. The molecule has 1 aliphatic carbocycles. The van der Waals surface area contributed by atoms with Gasteiger partial charge in [-0.3, -0.25) is 0 Å². The molecule has 4 rings (SSSR count). The fourth-order valence-electron chi connectivity index (χ4n) is 3.52. The Hall–Kier alpha value is -1.60. The highest BCUT2D eigenvalue weighted by Crippen LogP contribution is 2.38. The van der Waals surface area contributed by atoms with E-state index in [1.165, 1.54) is 53.6 Å². The highest BCUT2D eigenvalue weighted by Gasteiger charge is 2.20.